The van der Waals surface area contributed by atoms with Crippen LogP contribution < -0.4 is 14.8 Å². The maximum Gasteiger partial charge on any atom is 0.268 e. The van der Waals surface area contributed by atoms with Crippen LogP contribution in [0.4, 0.5) is 0 Å². The summed E-state index contributed by atoms with van der Waals surface area (Å²) < 4.78 is 12.5. The van der Waals surface area contributed by atoms with Crippen LogP contribution in [0.15, 0.2) is 36.4 Å². The zero-order chi connectivity index (χ0) is 17.6. The number of ether oxygens (including phenoxy) is 2. The van der Waals surface area contributed by atoms with Gasteiger partial charge in [0.05, 0.1) is 13.2 Å². The molecule has 4 rings (SSSR count). The molecular formula is C18H16ClN3O3. The predicted molar refractivity (Wildman–Crippen MR) is 94.4 cm³/mol. The summed E-state index contributed by atoms with van der Waals surface area (Å²) in [5, 5.41) is 4.61. The molecule has 1 aromatic carbocycles. The van der Waals surface area contributed by atoms with Crippen molar-refractivity contribution >= 4 is 28.4 Å². The van der Waals surface area contributed by atoms with E-state index < -0.39 is 0 Å². The van der Waals surface area contributed by atoms with E-state index in [9.17, 15) is 4.79 Å². The Balaban J connectivity index is 1.61. The average Bonchev–Trinajstić information content (AvgIpc) is 3.16. The minimum absolute atomic E-state index is 0.174. The van der Waals surface area contributed by atoms with Gasteiger partial charge in [-0.3, -0.25) is 4.79 Å². The number of halogens is 1. The number of carbonyl (C=O) groups is 1. The van der Waals surface area contributed by atoms with Gasteiger partial charge in [-0.1, -0.05) is 17.7 Å². The number of hydrogen-bond donors (Lipinski definition) is 1. The molecule has 0 aliphatic carbocycles. The Bertz CT molecular complexity index is 983. The second kappa shape index (κ2) is 5.97. The lowest BCUT2D eigenvalue weighted by Gasteiger charge is -2.12. The van der Waals surface area contributed by atoms with Crippen molar-refractivity contribution in [3.8, 4) is 11.8 Å². The molecule has 128 valence electrons. The van der Waals surface area contributed by atoms with Gasteiger partial charge in [0.25, 0.3) is 5.91 Å². The van der Waals surface area contributed by atoms with Crippen LogP contribution in [0.25, 0.3) is 10.9 Å². The molecule has 0 radical (unpaired) electrons. The summed E-state index contributed by atoms with van der Waals surface area (Å²) in [5.41, 5.74) is 2.32. The zero-order valence-corrected chi connectivity index (χ0v) is 14.5. The van der Waals surface area contributed by atoms with Crippen LogP contribution in [-0.2, 0) is 7.05 Å². The first-order valence-electron chi connectivity index (χ1n) is 7.80. The molecule has 3 heterocycles. The second-order valence-electron chi connectivity index (χ2n) is 5.88. The van der Waals surface area contributed by atoms with Crippen molar-refractivity contribution in [3.05, 3.63) is 52.7 Å². The lowest BCUT2D eigenvalue weighted by Crippen LogP contribution is -2.30. The summed E-state index contributed by atoms with van der Waals surface area (Å²) in [7, 11) is 3.40. The van der Waals surface area contributed by atoms with E-state index in [4.69, 9.17) is 21.1 Å². The summed E-state index contributed by atoms with van der Waals surface area (Å²) >= 11 is 6.05. The van der Waals surface area contributed by atoms with Crippen molar-refractivity contribution in [2.24, 2.45) is 7.05 Å². The number of nitrogens with zero attached hydrogens (tertiary/aromatic N) is 2. The van der Waals surface area contributed by atoms with Crippen LogP contribution in [-0.4, -0.2) is 29.2 Å². The van der Waals surface area contributed by atoms with Gasteiger partial charge in [0.2, 0.25) is 11.8 Å². The normalized spacial score (nSPS) is 15.7. The van der Waals surface area contributed by atoms with E-state index in [-0.39, 0.29) is 11.9 Å². The molecule has 1 unspecified atom stereocenters. The highest BCUT2D eigenvalue weighted by molar-refractivity contribution is 6.31. The Hall–Kier alpha value is -2.73. The van der Waals surface area contributed by atoms with Crippen LogP contribution in [0.3, 0.4) is 0 Å². The van der Waals surface area contributed by atoms with Crippen molar-refractivity contribution in [2.75, 3.05) is 13.7 Å². The number of amides is 1. The second-order valence-corrected chi connectivity index (χ2v) is 6.31. The molecule has 2 aromatic heterocycles. The molecule has 25 heavy (non-hydrogen) atoms. The Morgan fingerprint density at radius 1 is 1.36 bits per heavy atom. The number of hydrogen-bond acceptors (Lipinski definition) is 4. The Labute approximate surface area is 149 Å². The average molecular weight is 358 g/mol. The van der Waals surface area contributed by atoms with E-state index in [1.54, 1.807) is 13.2 Å². The topological polar surface area (TPSA) is 65.4 Å². The van der Waals surface area contributed by atoms with Gasteiger partial charge in [-0.15, -0.1) is 0 Å². The van der Waals surface area contributed by atoms with Crippen LogP contribution in [0.1, 0.15) is 22.1 Å². The molecule has 7 heteroatoms. The van der Waals surface area contributed by atoms with Crippen molar-refractivity contribution in [3.63, 3.8) is 0 Å². The first kappa shape index (κ1) is 15.8. The molecule has 0 saturated heterocycles. The Morgan fingerprint density at radius 3 is 3.00 bits per heavy atom. The van der Waals surface area contributed by atoms with E-state index in [2.05, 4.69) is 10.3 Å². The lowest BCUT2D eigenvalue weighted by atomic mass is 10.1. The largest absolute Gasteiger partial charge is 0.481 e. The molecular weight excluding hydrogens is 342 g/mol. The maximum atomic E-state index is 12.7. The van der Waals surface area contributed by atoms with Gasteiger partial charge >= 0.3 is 0 Å². The summed E-state index contributed by atoms with van der Waals surface area (Å²) in [6, 6.07) is 10.8. The summed E-state index contributed by atoms with van der Waals surface area (Å²) in [4.78, 5) is 17.0. The van der Waals surface area contributed by atoms with E-state index in [1.807, 2.05) is 41.9 Å². The van der Waals surface area contributed by atoms with Gasteiger partial charge in [-0.05, 0) is 24.3 Å². The highest BCUT2D eigenvalue weighted by Gasteiger charge is 2.28. The number of methoxy groups -OCH3 is 1. The minimum atomic E-state index is -0.248. The zero-order valence-electron chi connectivity index (χ0n) is 13.7. The first-order chi connectivity index (χ1) is 12.1. The van der Waals surface area contributed by atoms with Crippen molar-refractivity contribution in [2.45, 2.75) is 6.04 Å². The lowest BCUT2D eigenvalue weighted by molar-refractivity contribution is 0.0922. The molecule has 1 aliphatic heterocycles. The summed E-state index contributed by atoms with van der Waals surface area (Å²) in [5.74, 6) is 0.803. The fraction of sp³-hybridized carbons (Fsp3) is 0.222. The minimum Gasteiger partial charge on any atom is -0.481 e. The van der Waals surface area contributed by atoms with Gasteiger partial charge in [0.15, 0.2) is 0 Å². The van der Waals surface area contributed by atoms with Crippen LogP contribution in [0, 0.1) is 0 Å². The van der Waals surface area contributed by atoms with E-state index >= 15 is 0 Å². The van der Waals surface area contributed by atoms with Gasteiger partial charge in [-0.2, -0.15) is 4.98 Å². The fourth-order valence-corrected chi connectivity index (χ4v) is 3.22. The van der Waals surface area contributed by atoms with E-state index in [0.29, 0.717) is 29.1 Å². The molecule has 3 aromatic rings. The molecule has 0 spiro atoms. The monoisotopic (exact) mass is 357 g/mol. The smallest absolute Gasteiger partial charge is 0.268 e. The van der Waals surface area contributed by atoms with Gasteiger partial charge < -0.3 is 19.4 Å². The quantitative estimate of drug-likeness (QED) is 0.782. The third-order valence-corrected chi connectivity index (χ3v) is 4.62. The SMILES string of the molecule is COc1ccc2c(n1)OCC2NC(=O)c1cc2ccc(Cl)cc2n1C. The Morgan fingerprint density at radius 2 is 2.20 bits per heavy atom. The van der Waals surface area contributed by atoms with Gasteiger partial charge in [0.1, 0.15) is 12.3 Å². The van der Waals surface area contributed by atoms with Gasteiger partial charge in [-0.25, -0.2) is 0 Å². The number of benzene rings is 1. The van der Waals surface area contributed by atoms with Crippen LogP contribution in [0.2, 0.25) is 5.02 Å². The number of pyridine rings is 1. The molecule has 0 fully saturated rings. The van der Waals surface area contributed by atoms with E-state index in [1.165, 1.54) is 0 Å². The third-order valence-electron chi connectivity index (χ3n) is 4.38. The molecule has 1 N–H and O–H groups in total. The maximum absolute atomic E-state index is 12.7. The molecule has 1 aliphatic rings. The van der Waals surface area contributed by atoms with Crippen LogP contribution in [0.5, 0.6) is 11.8 Å². The van der Waals surface area contributed by atoms with Crippen molar-refractivity contribution in [1.29, 1.82) is 0 Å². The van der Waals surface area contributed by atoms with Crippen LogP contribution >= 0.6 is 11.6 Å². The number of rotatable bonds is 3. The van der Waals surface area contributed by atoms with Gasteiger partial charge in [0, 0.05) is 34.6 Å². The highest BCUT2D eigenvalue weighted by atomic mass is 35.5. The van der Waals surface area contributed by atoms with Crippen molar-refractivity contribution in [1.82, 2.24) is 14.9 Å². The molecule has 1 atom stereocenters. The first-order valence-corrected chi connectivity index (χ1v) is 8.18. The number of aryl methyl sites for hydroxylation is 1. The number of aromatic nitrogens is 2. The standard InChI is InChI=1S/C18H16ClN3O3/c1-22-14-8-11(19)4-3-10(14)7-15(22)17(23)20-13-9-25-18-12(13)5-6-16(21-18)24-2/h3-8,13H,9H2,1-2H3,(H,20,23). The van der Waals surface area contributed by atoms with E-state index in [0.717, 1.165) is 16.5 Å². The fourth-order valence-electron chi connectivity index (χ4n) is 3.05. The summed E-state index contributed by atoms with van der Waals surface area (Å²) in [6.45, 7) is 0.344. The van der Waals surface area contributed by atoms with Crippen molar-refractivity contribution < 1.29 is 14.3 Å². The summed E-state index contributed by atoms with van der Waals surface area (Å²) in [6.07, 6.45) is 0. The number of nitrogens with one attached hydrogen (secondary N) is 1. The number of carbonyl (C=O) groups excluding carboxylic acids is 1. The third kappa shape index (κ3) is 2.68. The molecule has 0 saturated carbocycles. The molecule has 0 bridgehead atoms. The molecule has 6 nitrogen and oxygen atoms in total. The molecule has 1 amide bonds. The highest BCUT2D eigenvalue weighted by Crippen LogP contribution is 2.32. The number of fused-ring (bicyclic) bond motifs is 2. The Kier molecular flexibility index (Phi) is 3.77. The predicted octanol–water partition coefficient (Wildman–Crippen LogP) is 3.10.